The molecule has 0 aromatic carbocycles. The van der Waals surface area contributed by atoms with Gasteiger partial charge in [-0.3, -0.25) is 0 Å². The summed E-state index contributed by atoms with van der Waals surface area (Å²) < 4.78 is 0.535. The summed E-state index contributed by atoms with van der Waals surface area (Å²) in [6, 6.07) is 0. The number of rotatable bonds is 0. The quantitative estimate of drug-likeness (QED) is 0.637. The van der Waals surface area contributed by atoms with E-state index in [0.717, 1.165) is 0 Å². The largest absolute Gasteiger partial charge is 0.223 e. The lowest BCUT2D eigenvalue weighted by Gasteiger charge is -1.92. The van der Waals surface area contributed by atoms with Crippen LogP contribution in [-0.2, 0) is 0 Å². The molecule has 48 valence electrons. The summed E-state index contributed by atoms with van der Waals surface area (Å²) in [6.45, 7) is 0. The van der Waals surface area contributed by atoms with Crippen LogP contribution < -0.4 is 0 Å². The zero-order valence-electron chi connectivity index (χ0n) is 4.11. The van der Waals surface area contributed by atoms with Gasteiger partial charge >= 0.3 is 0 Å². The molecule has 0 radical (unpaired) electrons. The summed E-state index contributed by atoms with van der Waals surface area (Å²) in [7, 11) is 0. The Labute approximate surface area is 70.3 Å². The van der Waals surface area contributed by atoms with Crippen LogP contribution in [-0.4, -0.2) is 9.97 Å². The summed E-state index contributed by atoms with van der Waals surface area (Å²) in [6.07, 6.45) is 1.30. The Morgan fingerprint density at radius 1 is 1.22 bits per heavy atom. The fraction of sp³-hybridized carbons (Fsp3) is 0. The Hall–Kier alpha value is 0.140. The Balaban J connectivity index is 3.25. The van der Waals surface area contributed by atoms with Gasteiger partial charge in [-0.2, -0.15) is 0 Å². The Bertz CT molecular complexity index is 208. The normalized spacial score (nSPS) is 9.67. The van der Waals surface area contributed by atoms with E-state index in [4.69, 9.17) is 23.2 Å². The van der Waals surface area contributed by atoms with Gasteiger partial charge in [0.2, 0.25) is 0 Å². The third-order valence-electron chi connectivity index (χ3n) is 0.704. The minimum atomic E-state index is 0.329. The van der Waals surface area contributed by atoms with Crippen molar-refractivity contribution in [1.82, 2.24) is 9.97 Å². The van der Waals surface area contributed by atoms with E-state index < -0.39 is 0 Å². The van der Waals surface area contributed by atoms with Crippen LogP contribution in [0.5, 0.6) is 0 Å². The van der Waals surface area contributed by atoms with E-state index in [1.807, 2.05) is 0 Å². The number of nitrogens with zero attached hydrogens (tertiary/aromatic N) is 2. The van der Waals surface area contributed by atoms with Crippen molar-refractivity contribution in [3.63, 3.8) is 0 Å². The van der Waals surface area contributed by atoms with Gasteiger partial charge in [0.05, 0.1) is 4.47 Å². The van der Waals surface area contributed by atoms with Crippen molar-refractivity contribution >= 4 is 39.1 Å². The van der Waals surface area contributed by atoms with Crippen LogP contribution in [0.2, 0.25) is 10.3 Å². The number of hydrogen-bond donors (Lipinski definition) is 0. The minimum absolute atomic E-state index is 0.329. The van der Waals surface area contributed by atoms with E-state index in [1.165, 1.54) is 6.33 Å². The SMILES string of the molecule is Clc1ncnc(Cl)c1Br. The van der Waals surface area contributed by atoms with Crippen molar-refractivity contribution in [2.75, 3.05) is 0 Å². The van der Waals surface area contributed by atoms with Crippen LogP contribution in [0.1, 0.15) is 0 Å². The molecule has 0 bridgehead atoms. The van der Waals surface area contributed by atoms with Crippen LogP contribution in [0.3, 0.4) is 0 Å². The molecule has 0 fully saturated rings. The van der Waals surface area contributed by atoms with Gasteiger partial charge in [0, 0.05) is 0 Å². The molecule has 0 N–H and O–H groups in total. The summed E-state index contributed by atoms with van der Waals surface area (Å²) in [5, 5.41) is 0.657. The van der Waals surface area contributed by atoms with E-state index in [2.05, 4.69) is 25.9 Å². The highest BCUT2D eigenvalue weighted by molar-refractivity contribution is 9.10. The second-order valence-electron chi connectivity index (χ2n) is 1.27. The molecule has 0 amide bonds. The average Bonchev–Trinajstić information content (AvgIpc) is 1.83. The molecule has 1 aromatic rings. The molecular weight excluding hydrogens is 227 g/mol. The van der Waals surface area contributed by atoms with Crippen LogP contribution in [0, 0.1) is 0 Å². The predicted molar refractivity (Wildman–Crippen MR) is 39.8 cm³/mol. The lowest BCUT2D eigenvalue weighted by molar-refractivity contribution is 1.15. The number of aromatic nitrogens is 2. The van der Waals surface area contributed by atoms with Crippen LogP contribution in [0.25, 0.3) is 0 Å². The Morgan fingerprint density at radius 3 is 2.00 bits per heavy atom. The van der Waals surface area contributed by atoms with Crippen LogP contribution >= 0.6 is 39.1 Å². The highest BCUT2D eigenvalue weighted by atomic mass is 79.9. The van der Waals surface area contributed by atoms with Crippen molar-refractivity contribution in [1.29, 1.82) is 0 Å². The summed E-state index contributed by atoms with van der Waals surface area (Å²) in [5.74, 6) is 0. The standard InChI is InChI=1S/C4HBrCl2N2/c5-2-3(6)8-1-9-4(2)7/h1H. The lowest BCUT2D eigenvalue weighted by atomic mass is 10.7. The average molecular weight is 228 g/mol. The molecule has 9 heavy (non-hydrogen) atoms. The Morgan fingerprint density at radius 2 is 1.67 bits per heavy atom. The molecule has 1 aromatic heterocycles. The van der Waals surface area contributed by atoms with Gasteiger partial charge in [-0.25, -0.2) is 9.97 Å². The zero-order valence-corrected chi connectivity index (χ0v) is 7.20. The van der Waals surface area contributed by atoms with E-state index in [0.29, 0.717) is 14.8 Å². The number of hydrogen-bond acceptors (Lipinski definition) is 2. The highest BCUT2D eigenvalue weighted by Crippen LogP contribution is 2.25. The fourth-order valence-corrected chi connectivity index (χ4v) is 0.848. The van der Waals surface area contributed by atoms with E-state index in [9.17, 15) is 0 Å². The van der Waals surface area contributed by atoms with Gasteiger partial charge < -0.3 is 0 Å². The number of halogens is 3. The second-order valence-corrected chi connectivity index (χ2v) is 2.78. The second kappa shape index (κ2) is 2.82. The summed E-state index contributed by atoms with van der Waals surface area (Å²) >= 11 is 14.2. The predicted octanol–water partition coefficient (Wildman–Crippen LogP) is 2.55. The van der Waals surface area contributed by atoms with E-state index in [-0.39, 0.29) is 0 Å². The maximum atomic E-state index is 5.53. The summed E-state index contributed by atoms with van der Waals surface area (Å²) in [5.41, 5.74) is 0. The van der Waals surface area contributed by atoms with Gasteiger partial charge in [0.25, 0.3) is 0 Å². The van der Waals surface area contributed by atoms with Crippen LogP contribution in [0.15, 0.2) is 10.8 Å². The van der Waals surface area contributed by atoms with E-state index in [1.54, 1.807) is 0 Å². The monoisotopic (exact) mass is 226 g/mol. The molecule has 2 nitrogen and oxygen atoms in total. The van der Waals surface area contributed by atoms with Crippen molar-refractivity contribution in [3.8, 4) is 0 Å². The molecule has 0 saturated carbocycles. The zero-order chi connectivity index (χ0) is 6.85. The first kappa shape index (κ1) is 7.25. The molecule has 0 aliphatic rings. The van der Waals surface area contributed by atoms with Crippen molar-refractivity contribution in [2.45, 2.75) is 0 Å². The molecule has 5 heteroatoms. The van der Waals surface area contributed by atoms with Crippen molar-refractivity contribution < 1.29 is 0 Å². The Kier molecular flexibility index (Phi) is 2.27. The molecule has 0 saturated heterocycles. The maximum absolute atomic E-state index is 5.53. The summed E-state index contributed by atoms with van der Waals surface area (Å²) in [4.78, 5) is 7.33. The fourth-order valence-electron chi connectivity index (χ4n) is 0.329. The molecule has 0 unspecified atom stereocenters. The van der Waals surface area contributed by atoms with Crippen LogP contribution in [0.4, 0.5) is 0 Å². The first-order valence-corrected chi connectivity index (χ1v) is 3.58. The maximum Gasteiger partial charge on any atom is 0.148 e. The molecule has 1 heterocycles. The van der Waals surface area contributed by atoms with Gasteiger partial charge in [0.15, 0.2) is 0 Å². The van der Waals surface area contributed by atoms with Gasteiger partial charge in [-0.05, 0) is 15.9 Å². The van der Waals surface area contributed by atoms with Gasteiger partial charge in [-0.15, -0.1) is 0 Å². The molecule has 0 spiro atoms. The van der Waals surface area contributed by atoms with Gasteiger partial charge in [0.1, 0.15) is 16.6 Å². The third kappa shape index (κ3) is 1.53. The third-order valence-corrected chi connectivity index (χ3v) is 2.49. The lowest BCUT2D eigenvalue weighted by Crippen LogP contribution is -1.80. The van der Waals surface area contributed by atoms with Gasteiger partial charge in [-0.1, -0.05) is 23.2 Å². The molecule has 1 rings (SSSR count). The molecule has 0 aliphatic carbocycles. The van der Waals surface area contributed by atoms with Crippen molar-refractivity contribution in [3.05, 3.63) is 21.1 Å². The molecule has 0 aliphatic heterocycles. The first-order chi connectivity index (χ1) is 4.22. The van der Waals surface area contributed by atoms with Crippen molar-refractivity contribution in [2.24, 2.45) is 0 Å². The molecular formula is C4HBrCl2N2. The highest BCUT2D eigenvalue weighted by Gasteiger charge is 2.01. The topological polar surface area (TPSA) is 25.8 Å². The van der Waals surface area contributed by atoms with E-state index >= 15 is 0 Å². The smallest absolute Gasteiger partial charge is 0.148 e. The first-order valence-electron chi connectivity index (χ1n) is 2.03. The minimum Gasteiger partial charge on any atom is -0.223 e. The molecule has 0 atom stereocenters.